The largest absolute Gasteiger partial charge is 0.392 e. The molecule has 1 aromatic heterocycles. The molecule has 0 saturated heterocycles. The van der Waals surface area contributed by atoms with Gasteiger partial charge in [0.15, 0.2) is 0 Å². The van der Waals surface area contributed by atoms with E-state index in [1.165, 1.54) is 0 Å². The fraction of sp³-hybridized carbons (Fsp3) is 0.364. The van der Waals surface area contributed by atoms with Crippen molar-refractivity contribution in [3.63, 3.8) is 0 Å². The summed E-state index contributed by atoms with van der Waals surface area (Å²) in [6.45, 7) is 5.22. The average Bonchev–Trinajstić information content (AvgIpc) is 2.17. The van der Waals surface area contributed by atoms with Gasteiger partial charge in [0.25, 0.3) is 0 Å². The predicted molar refractivity (Wildman–Crippen MR) is 68.2 cm³/mol. The first kappa shape index (κ1) is 12.6. The van der Waals surface area contributed by atoms with E-state index in [1.54, 1.807) is 19.9 Å². The second-order valence-corrected chi connectivity index (χ2v) is 4.55. The number of pyridine rings is 1. The molecule has 0 unspecified atom stereocenters. The van der Waals surface area contributed by atoms with Gasteiger partial charge in [-0.2, -0.15) is 0 Å². The SMILES string of the molecule is Cc1cccc(NC(=O)C(C)(C)C(N)=S)n1. The Bertz CT molecular complexity index is 429. The maximum Gasteiger partial charge on any atom is 0.238 e. The van der Waals surface area contributed by atoms with Crippen LogP contribution in [0.5, 0.6) is 0 Å². The monoisotopic (exact) mass is 237 g/mol. The number of hydrogen-bond donors (Lipinski definition) is 2. The summed E-state index contributed by atoms with van der Waals surface area (Å²) in [5.41, 5.74) is 5.47. The number of carbonyl (C=O) groups excluding carboxylic acids is 1. The predicted octanol–water partition coefficient (Wildman–Crippen LogP) is 1.64. The number of carbonyl (C=O) groups is 1. The zero-order valence-corrected chi connectivity index (χ0v) is 10.4. The van der Waals surface area contributed by atoms with Gasteiger partial charge >= 0.3 is 0 Å². The van der Waals surface area contributed by atoms with Gasteiger partial charge in [-0.25, -0.2) is 4.98 Å². The van der Waals surface area contributed by atoms with E-state index in [-0.39, 0.29) is 10.9 Å². The lowest BCUT2D eigenvalue weighted by molar-refractivity contribution is -0.121. The van der Waals surface area contributed by atoms with Crippen LogP contribution >= 0.6 is 12.2 Å². The molecule has 4 nitrogen and oxygen atoms in total. The zero-order valence-electron chi connectivity index (χ0n) is 9.57. The Morgan fingerprint density at radius 1 is 1.50 bits per heavy atom. The van der Waals surface area contributed by atoms with Crippen LogP contribution in [0.4, 0.5) is 5.82 Å². The van der Waals surface area contributed by atoms with Crippen LogP contribution in [0.2, 0.25) is 0 Å². The summed E-state index contributed by atoms with van der Waals surface area (Å²) >= 11 is 4.85. The van der Waals surface area contributed by atoms with Gasteiger partial charge in [0, 0.05) is 5.69 Å². The molecule has 16 heavy (non-hydrogen) atoms. The summed E-state index contributed by atoms with van der Waals surface area (Å²) in [4.78, 5) is 16.2. The van der Waals surface area contributed by atoms with Gasteiger partial charge in [-0.05, 0) is 32.9 Å². The third-order valence-corrected chi connectivity index (χ3v) is 2.82. The van der Waals surface area contributed by atoms with Crippen LogP contribution in [-0.4, -0.2) is 15.9 Å². The Balaban J connectivity index is 2.83. The highest BCUT2D eigenvalue weighted by Crippen LogP contribution is 2.18. The van der Waals surface area contributed by atoms with Crippen LogP contribution in [-0.2, 0) is 4.79 Å². The first-order valence-electron chi connectivity index (χ1n) is 4.89. The van der Waals surface area contributed by atoms with Gasteiger partial charge in [0.05, 0.1) is 10.4 Å². The molecule has 5 heteroatoms. The summed E-state index contributed by atoms with van der Waals surface area (Å²) in [7, 11) is 0. The molecular weight excluding hydrogens is 222 g/mol. The second kappa shape index (κ2) is 4.57. The van der Waals surface area contributed by atoms with Gasteiger partial charge in [-0.3, -0.25) is 4.79 Å². The Kier molecular flexibility index (Phi) is 3.59. The number of aryl methyl sites for hydroxylation is 1. The molecule has 0 aliphatic heterocycles. The Hall–Kier alpha value is -1.49. The van der Waals surface area contributed by atoms with E-state index >= 15 is 0 Å². The van der Waals surface area contributed by atoms with Crippen molar-refractivity contribution in [2.45, 2.75) is 20.8 Å². The standard InChI is InChI=1S/C11H15N3OS/c1-7-5-4-6-8(13-7)14-10(15)11(2,3)9(12)16/h4-6H,1-3H3,(H2,12,16)(H,13,14,15). The molecule has 0 radical (unpaired) electrons. The van der Waals surface area contributed by atoms with Crippen molar-refractivity contribution in [1.29, 1.82) is 0 Å². The maximum atomic E-state index is 11.9. The molecule has 1 amide bonds. The minimum absolute atomic E-state index is 0.164. The molecule has 86 valence electrons. The summed E-state index contributed by atoms with van der Waals surface area (Å²) in [5.74, 6) is 0.257. The summed E-state index contributed by atoms with van der Waals surface area (Å²) in [6.07, 6.45) is 0. The third-order valence-electron chi connectivity index (χ3n) is 2.31. The molecule has 1 heterocycles. The summed E-state index contributed by atoms with van der Waals surface area (Å²) < 4.78 is 0. The van der Waals surface area contributed by atoms with Crippen LogP contribution in [0.1, 0.15) is 19.5 Å². The van der Waals surface area contributed by atoms with Crippen LogP contribution in [0.3, 0.4) is 0 Å². The average molecular weight is 237 g/mol. The third kappa shape index (κ3) is 2.76. The number of nitrogens with one attached hydrogen (secondary N) is 1. The quantitative estimate of drug-likeness (QED) is 0.784. The highest BCUT2D eigenvalue weighted by molar-refractivity contribution is 7.80. The van der Waals surface area contributed by atoms with Gasteiger partial charge in [0.1, 0.15) is 5.82 Å². The highest BCUT2D eigenvalue weighted by Gasteiger charge is 2.31. The lowest BCUT2D eigenvalue weighted by atomic mass is 9.92. The van der Waals surface area contributed by atoms with Crippen LogP contribution < -0.4 is 11.1 Å². The lowest BCUT2D eigenvalue weighted by Crippen LogP contribution is -2.41. The fourth-order valence-electron chi connectivity index (χ4n) is 0.997. The van der Waals surface area contributed by atoms with E-state index < -0.39 is 5.41 Å². The van der Waals surface area contributed by atoms with E-state index in [9.17, 15) is 4.79 Å². The van der Waals surface area contributed by atoms with Gasteiger partial charge in [-0.1, -0.05) is 18.3 Å². The van der Waals surface area contributed by atoms with E-state index in [2.05, 4.69) is 10.3 Å². The summed E-state index contributed by atoms with van der Waals surface area (Å²) in [6, 6.07) is 5.40. The molecule has 0 aliphatic rings. The minimum Gasteiger partial charge on any atom is -0.392 e. The van der Waals surface area contributed by atoms with E-state index in [0.717, 1.165) is 5.69 Å². The molecule has 0 bridgehead atoms. The molecular formula is C11H15N3OS. The molecule has 3 N–H and O–H groups in total. The number of amides is 1. The molecule has 0 aliphatic carbocycles. The van der Waals surface area contributed by atoms with Crippen molar-refractivity contribution in [3.8, 4) is 0 Å². The minimum atomic E-state index is -0.874. The van der Waals surface area contributed by atoms with Crippen molar-refractivity contribution >= 4 is 28.9 Å². The first-order valence-corrected chi connectivity index (χ1v) is 5.30. The number of thiocarbonyl (C=S) groups is 1. The van der Waals surface area contributed by atoms with Crippen molar-refractivity contribution < 1.29 is 4.79 Å². The van der Waals surface area contributed by atoms with Gasteiger partial charge in [-0.15, -0.1) is 0 Å². The summed E-state index contributed by atoms with van der Waals surface area (Å²) in [5, 5.41) is 2.69. The Morgan fingerprint density at radius 2 is 2.12 bits per heavy atom. The molecule has 0 aromatic carbocycles. The zero-order chi connectivity index (χ0) is 12.3. The van der Waals surface area contributed by atoms with Crippen molar-refractivity contribution in [1.82, 2.24) is 4.98 Å². The topological polar surface area (TPSA) is 68.0 Å². The van der Waals surface area contributed by atoms with Crippen LogP contribution in [0.15, 0.2) is 18.2 Å². The van der Waals surface area contributed by atoms with Gasteiger partial charge < -0.3 is 11.1 Å². The number of hydrogen-bond acceptors (Lipinski definition) is 3. The molecule has 0 atom stereocenters. The fourth-order valence-corrected chi connectivity index (χ4v) is 1.09. The normalized spacial score (nSPS) is 10.9. The molecule has 0 spiro atoms. The molecule has 0 saturated carbocycles. The molecule has 0 fully saturated rings. The number of aromatic nitrogens is 1. The van der Waals surface area contributed by atoms with Crippen LogP contribution in [0, 0.1) is 12.3 Å². The lowest BCUT2D eigenvalue weighted by Gasteiger charge is -2.21. The van der Waals surface area contributed by atoms with Crippen molar-refractivity contribution in [2.24, 2.45) is 11.1 Å². The molecule has 1 rings (SSSR count). The smallest absolute Gasteiger partial charge is 0.238 e. The maximum absolute atomic E-state index is 11.9. The Morgan fingerprint density at radius 3 is 2.62 bits per heavy atom. The number of nitrogens with two attached hydrogens (primary N) is 1. The van der Waals surface area contributed by atoms with E-state index in [1.807, 2.05) is 19.1 Å². The Labute approximate surface area is 100 Å². The highest BCUT2D eigenvalue weighted by atomic mass is 32.1. The van der Waals surface area contributed by atoms with Crippen molar-refractivity contribution in [3.05, 3.63) is 23.9 Å². The number of rotatable bonds is 3. The van der Waals surface area contributed by atoms with E-state index in [0.29, 0.717) is 5.82 Å². The molecule has 1 aromatic rings. The van der Waals surface area contributed by atoms with E-state index in [4.69, 9.17) is 18.0 Å². The first-order chi connectivity index (χ1) is 7.34. The number of nitrogens with zero attached hydrogens (tertiary/aromatic N) is 1. The second-order valence-electron chi connectivity index (χ2n) is 4.11. The number of anilines is 1. The van der Waals surface area contributed by atoms with Crippen LogP contribution in [0.25, 0.3) is 0 Å². The van der Waals surface area contributed by atoms with Gasteiger partial charge in [0.2, 0.25) is 5.91 Å². The van der Waals surface area contributed by atoms with Crippen molar-refractivity contribution in [2.75, 3.05) is 5.32 Å².